The second-order valence-corrected chi connectivity index (χ2v) is 5.78. The number of anilines is 1. The summed E-state index contributed by atoms with van der Waals surface area (Å²) in [7, 11) is 0. The number of hydrogen-bond donors (Lipinski definition) is 1. The van der Waals surface area contributed by atoms with Crippen molar-refractivity contribution < 1.29 is 13.6 Å². The lowest BCUT2D eigenvalue weighted by Gasteiger charge is -2.01. The molecule has 2 aromatic heterocycles. The molecule has 128 valence electrons. The smallest absolute Gasteiger partial charge is 0.322 e. The summed E-state index contributed by atoms with van der Waals surface area (Å²) < 4.78 is 10.7. The standard InChI is InChI=1S/C18H10ClN3O4/c19-11-7-5-10(6-8-11)17-21-22-18(26-17)20-16(24)13-9-25-14-4-2-1-3-12(14)15(13)23/h1-9H,(H,20,22,24). The van der Waals surface area contributed by atoms with Gasteiger partial charge in [-0.2, -0.15) is 0 Å². The average Bonchev–Trinajstić information content (AvgIpc) is 3.11. The Morgan fingerprint density at radius 1 is 1.04 bits per heavy atom. The zero-order valence-electron chi connectivity index (χ0n) is 13.1. The van der Waals surface area contributed by atoms with Crippen molar-refractivity contribution >= 4 is 34.5 Å². The third-order valence-corrected chi connectivity index (χ3v) is 3.91. The van der Waals surface area contributed by atoms with Gasteiger partial charge in [-0.15, -0.1) is 5.10 Å². The number of hydrogen-bond acceptors (Lipinski definition) is 6. The van der Waals surface area contributed by atoms with Gasteiger partial charge in [0.05, 0.1) is 5.39 Å². The summed E-state index contributed by atoms with van der Waals surface area (Å²) in [5, 5.41) is 10.9. The van der Waals surface area contributed by atoms with Crippen LogP contribution in [0.5, 0.6) is 0 Å². The van der Waals surface area contributed by atoms with Crippen molar-refractivity contribution in [1.29, 1.82) is 0 Å². The summed E-state index contributed by atoms with van der Waals surface area (Å²) in [6.45, 7) is 0. The molecule has 1 N–H and O–H groups in total. The van der Waals surface area contributed by atoms with Gasteiger partial charge in [0, 0.05) is 10.6 Å². The Bertz CT molecular complexity index is 1160. The van der Waals surface area contributed by atoms with E-state index >= 15 is 0 Å². The molecule has 0 spiro atoms. The number of nitrogens with zero attached hydrogens (tertiary/aromatic N) is 2. The second kappa shape index (κ2) is 6.45. The third kappa shape index (κ3) is 2.96. The minimum Gasteiger partial charge on any atom is -0.463 e. The van der Waals surface area contributed by atoms with Gasteiger partial charge in [0.2, 0.25) is 11.3 Å². The summed E-state index contributed by atoms with van der Waals surface area (Å²) in [5.74, 6) is -0.488. The zero-order valence-corrected chi connectivity index (χ0v) is 13.9. The molecule has 2 aromatic carbocycles. The Morgan fingerprint density at radius 3 is 2.62 bits per heavy atom. The van der Waals surface area contributed by atoms with Crippen molar-refractivity contribution in [3.63, 3.8) is 0 Å². The van der Waals surface area contributed by atoms with Gasteiger partial charge in [-0.1, -0.05) is 28.8 Å². The summed E-state index contributed by atoms with van der Waals surface area (Å²) >= 11 is 5.84. The first-order valence-electron chi connectivity index (χ1n) is 7.53. The van der Waals surface area contributed by atoms with Crippen LogP contribution in [-0.4, -0.2) is 16.1 Å². The molecule has 1 amide bonds. The maximum absolute atomic E-state index is 12.4. The van der Waals surface area contributed by atoms with Gasteiger partial charge in [-0.25, -0.2) is 0 Å². The van der Waals surface area contributed by atoms with E-state index in [-0.39, 0.29) is 17.5 Å². The number of amides is 1. The van der Waals surface area contributed by atoms with E-state index in [1.807, 2.05) is 0 Å². The molecular weight excluding hydrogens is 358 g/mol. The van der Waals surface area contributed by atoms with Crippen molar-refractivity contribution in [3.05, 3.63) is 75.6 Å². The van der Waals surface area contributed by atoms with E-state index in [0.717, 1.165) is 6.26 Å². The molecule has 4 aromatic rings. The SMILES string of the molecule is O=C(Nc1nnc(-c2ccc(Cl)cc2)o1)c1coc2ccccc2c1=O. The number of nitrogens with one attached hydrogen (secondary N) is 1. The highest BCUT2D eigenvalue weighted by atomic mass is 35.5. The quantitative estimate of drug-likeness (QED) is 0.592. The third-order valence-electron chi connectivity index (χ3n) is 3.66. The lowest BCUT2D eigenvalue weighted by atomic mass is 10.1. The van der Waals surface area contributed by atoms with Crippen LogP contribution in [-0.2, 0) is 0 Å². The van der Waals surface area contributed by atoms with Crippen LogP contribution in [0.2, 0.25) is 5.02 Å². The topological polar surface area (TPSA) is 98.2 Å². The molecule has 0 aliphatic heterocycles. The fraction of sp³-hybridized carbons (Fsp3) is 0. The molecular formula is C18H10ClN3O4. The van der Waals surface area contributed by atoms with E-state index in [4.69, 9.17) is 20.4 Å². The van der Waals surface area contributed by atoms with Gasteiger partial charge >= 0.3 is 6.01 Å². The molecule has 0 bridgehead atoms. The number of fused-ring (bicyclic) bond motifs is 1. The molecule has 4 rings (SSSR count). The highest BCUT2D eigenvalue weighted by Crippen LogP contribution is 2.22. The van der Waals surface area contributed by atoms with Gasteiger partial charge in [-0.3, -0.25) is 14.9 Å². The largest absolute Gasteiger partial charge is 0.463 e. The molecule has 0 fully saturated rings. The molecule has 0 radical (unpaired) electrons. The van der Waals surface area contributed by atoms with E-state index in [0.29, 0.717) is 21.6 Å². The van der Waals surface area contributed by atoms with Gasteiger partial charge in [0.1, 0.15) is 17.4 Å². The molecule has 26 heavy (non-hydrogen) atoms. The maximum Gasteiger partial charge on any atom is 0.322 e. The number of benzene rings is 2. The van der Waals surface area contributed by atoms with Crippen molar-refractivity contribution in [2.75, 3.05) is 5.32 Å². The number of rotatable bonds is 3. The van der Waals surface area contributed by atoms with Crippen LogP contribution in [0.25, 0.3) is 22.4 Å². The zero-order chi connectivity index (χ0) is 18.1. The van der Waals surface area contributed by atoms with E-state index in [2.05, 4.69) is 15.5 Å². The lowest BCUT2D eigenvalue weighted by molar-refractivity contribution is 0.102. The van der Waals surface area contributed by atoms with E-state index in [9.17, 15) is 9.59 Å². The second-order valence-electron chi connectivity index (χ2n) is 5.35. The summed E-state index contributed by atoms with van der Waals surface area (Å²) in [6.07, 6.45) is 1.11. The Kier molecular flexibility index (Phi) is 3.98. The Balaban J connectivity index is 1.60. The molecule has 7 nitrogen and oxygen atoms in total. The van der Waals surface area contributed by atoms with Gasteiger partial charge in [-0.05, 0) is 36.4 Å². The first kappa shape index (κ1) is 16.0. The number of para-hydroxylation sites is 1. The first-order valence-corrected chi connectivity index (χ1v) is 7.91. The van der Waals surface area contributed by atoms with Crippen LogP contribution >= 0.6 is 11.6 Å². The van der Waals surface area contributed by atoms with Crippen molar-refractivity contribution in [2.24, 2.45) is 0 Å². The van der Waals surface area contributed by atoms with E-state index in [1.54, 1.807) is 48.5 Å². The number of halogens is 1. The van der Waals surface area contributed by atoms with Gasteiger partial charge in [0.25, 0.3) is 5.91 Å². The molecule has 0 atom stereocenters. The summed E-state index contributed by atoms with van der Waals surface area (Å²) in [5.41, 5.74) is 0.446. The molecule has 0 unspecified atom stereocenters. The van der Waals surface area contributed by atoms with Crippen LogP contribution in [0.15, 0.2) is 68.4 Å². The van der Waals surface area contributed by atoms with Crippen molar-refractivity contribution in [2.45, 2.75) is 0 Å². The molecule has 0 aliphatic carbocycles. The number of carbonyl (C=O) groups is 1. The predicted molar refractivity (Wildman–Crippen MR) is 95.2 cm³/mol. The number of aromatic nitrogens is 2. The lowest BCUT2D eigenvalue weighted by Crippen LogP contribution is -2.21. The fourth-order valence-electron chi connectivity index (χ4n) is 2.38. The molecule has 0 saturated heterocycles. The van der Waals surface area contributed by atoms with Crippen LogP contribution in [0.4, 0.5) is 6.01 Å². The monoisotopic (exact) mass is 367 g/mol. The Hall–Kier alpha value is -3.45. The van der Waals surface area contributed by atoms with Gasteiger partial charge < -0.3 is 8.83 Å². The van der Waals surface area contributed by atoms with Crippen LogP contribution in [0, 0.1) is 0 Å². The first-order chi connectivity index (χ1) is 12.6. The fourth-order valence-corrected chi connectivity index (χ4v) is 2.51. The van der Waals surface area contributed by atoms with E-state index in [1.165, 1.54) is 0 Å². The normalized spacial score (nSPS) is 10.8. The molecule has 2 heterocycles. The maximum atomic E-state index is 12.4. The van der Waals surface area contributed by atoms with Crippen molar-refractivity contribution in [3.8, 4) is 11.5 Å². The van der Waals surface area contributed by atoms with Crippen LogP contribution < -0.4 is 10.7 Å². The van der Waals surface area contributed by atoms with Crippen LogP contribution in [0.1, 0.15) is 10.4 Å². The Labute approximate surface area is 151 Å². The Morgan fingerprint density at radius 2 is 1.81 bits per heavy atom. The highest BCUT2D eigenvalue weighted by molar-refractivity contribution is 6.30. The summed E-state index contributed by atoms with van der Waals surface area (Å²) in [4.78, 5) is 24.8. The minimum atomic E-state index is -0.698. The molecule has 0 aliphatic rings. The molecule has 8 heteroatoms. The number of carbonyl (C=O) groups excluding carboxylic acids is 1. The van der Waals surface area contributed by atoms with E-state index < -0.39 is 11.3 Å². The average molecular weight is 368 g/mol. The van der Waals surface area contributed by atoms with Crippen molar-refractivity contribution in [1.82, 2.24) is 10.2 Å². The predicted octanol–water partition coefficient (Wildman–Crippen LogP) is 3.75. The van der Waals surface area contributed by atoms with Gasteiger partial charge in [0.15, 0.2) is 0 Å². The van der Waals surface area contributed by atoms with Crippen LogP contribution in [0.3, 0.4) is 0 Å². The summed E-state index contributed by atoms with van der Waals surface area (Å²) in [6, 6.07) is 13.3. The highest BCUT2D eigenvalue weighted by Gasteiger charge is 2.17. The minimum absolute atomic E-state index is 0.132. The molecule has 0 saturated carbocycles.